The second-order valence-corrected chi connectivity index (χ2v) is 6.18. The number of carbonyl (C=O) groups is 3. The van der Waals surface area contributed by atoms with Gasteiger partial charge in [0.15, 0.2) is 0 Å². The van der Waals surface area contributed by atoms with Crippen molar-refractivity contribution in [1.29, 1.82) is 0 Å². The van der Waals surface area contributed by atoms with E-state index in [0.717, 1.165) is 4.90 Å². The monoisotopic (exact) mass is 301 g/mol. The zero-order valence-electron chi connectivity index (χ0n) is 12.5. The van der Waals surface area contributed by atoms with E-state index in [1.54, 1.807) is 0 Å². The zero-order chi connectivity index (χ0) is 16.2. The van der Waals surface area contributed by atoms with Gasteiger partial charge in [0, 0.05) is 31.5 Å². The molecule has 0 spiro atoms. The second-order valence-electron chi connectivity index (χ2n) is 6.18. The van der Waals surface area contributed by atoms with Gasteiger partial charge in [-0.25, -0.2) is 9.59 Å². The third-order valence-electron chi connectivity index (χ3n) is 2.97. The van der Waals surface area contributed by atoms with Crippen LogP contribution >= 0.6 is 0 Å². The van der Waals surface area contributed by atoms with Crippen LogP contribution in [-0.2, 0) is 9.59 Å². The van der Waals surface area contributed by atoms with E-state index in [1.165, 1.54) is 0 Å². The van der Waals surface area contributed by atoms with Crippen LogP contribution in [0.4, 0.5) is 4.79 Å². The van der Waals surface area contributed by atoms with Gasteiger partial charge < -0.3 is 25.7 Å². The van der Waals surface area contributed by atoms with Crippen molar-refractivity contribution in [2.24, 2.45) is 0 Å². The topological polar surface area (TPSA) is 119 Å². The van der Waals surface area contributed by atoms with E-state index in [1.807, 2.05) is 20.8 Å². The molecule has 0 aromatic rings. The van der Waals surface area contributed by atoms with Crippen LogP contribution in [0.15, 0.2) is 0 Å². The molecule has 0 saturated carbocycles. The Bertz CT molecular complexity index is 419. The number of aliphatic carboxylic acids is 1. The Morgan fingerprint density at radius 3 is 2.43 bits per heavy atom. The maximum Gasteiger partial charge on any atom is 0.326 e. The van der Waals surface area contributed by atoms with Crippen LogP contribution < -0.4 is 10.6 Å². The highest BCUT2D eigenvalue weighted by Crippen LogP contribution is 2.17. The van der Waals surface area contributed by atoms with Crippen LogP contribution in [0, 0.1) is 0 Å². The lowest BCUT2D eigenvalue weighted by molar-refractivity contribution is -0.141. The molecular formula is C13H23N3O5. The van der Waals surface area contributed by atoms with Gasteiger partial charge >= 0.3 is 12.0 Å². The van der Waals surface area contributed by atoms with Crippen molar-refractivity contribution >= 4 is 17.9 Å². The molecule has 0 radical (unpaired) electrons. The number of rotatable bonds is 4. The fourth-order valence-corrected chi connectivity index (χ4v) is 2.14. The summed E-state index contributed by atoms with van der Waals surface area (Å²) in [7, 11) is 0. The van der Waals surface area contributed by atoms with Crippen LogP contribution in [0.3, 0.4) is 0 Å². The van der Waals surface area contributed by atoms with Crippen LogP contribution in [0.25, 0.3) is 0 Å². The Morgan fingerprint density at radius 2 is 1.90 bits per heavy atom. The van der Waals surface area contributed by atoms with Gasteiger partial charge in [-0.2, -0.15) is 0 Å². The van der Waals surface area contributed by atoms with Crippen molar-refractivity contribution in [3.05, 3.63) is 0 Å². The molecule has 8 nitrogen and oxygen atoms in total. The van der Waals surface area contributed by atoms with E-state index >= 15 is 0 Å². The molecule has 0 unspecified atom stereocenters. The van der Waals surface area contributed by atoms with E-state index < -0.39 is 24.1 Å². The number of aliphatic hydroxyl groups is 1. The first-order valence-corrected chi connectivity index (χ1v) is 6.86. The highest BCUT2D eigenvalue weighted by Gasteiger charge is 2.38. The molecule has 0 aliphatic carbocycles. The first-order valence-electron chi connectivity index (χ1n) is 6.86. The second kappa shape index (κ2) is 6.75. The molecule has 4 N–H and O–H groups in total. The summed E-state index contributed by atoms with van der Waals surface area (Å²) < 4.78 is 0. The summed E-state index contributed by atoms with van der Waals surface area (Å²) in [5.74, 6) is -1.34. The predicted octanol–water partition coefficient (Wildman–Crippen LogP) is -0.479. The molecule has 8 heteroatoms. The van der Waals surface area contributed by atoms with Crippen molar-refractivity contribution < 1.29 is 24.6 Å². The number of aliphatic hydroxyl groups excluding tert-OH is 1. The number of β-amino-alcohol motifs (C(OH)–C–C–N with tert-alkyl or cyclic N) is 1. The van der Waals surface area contributed by atoms with E-state index in [-0.39, 0.29) is 37.4 Å². The first kappa shape index (κ1) is 17.2. The Hall–Kier alpha value is -1.83. The van der Waals surface area contributed by atoms with Crippen LogP contribution in [0.1, 0.15) is 33.6 Å². The molecule has 1 aliphatic rings. The molecule has 0 aromatic carbocycles. The largest absolute Gasteiger partial charge is 0.480 e. The lowest BCUT2D eigenvalue weighted by Gasteiger charge is -2.22. The van der Waals surface area contributed by atoms with Crippen molar-refractivity contribution in [2.75, 3.05) is 13.1 Å². The number of likely N-dealkylation sites (tertiary alicyclic amines) is 1. The number of carboxylic acid groups (broad SMARTS) is 1. The fraction of sp³-hybridized carbons (Fsp3) is 0.769. The van der Waals surface area contributed by atoms with Crippen molar-refractivity contribution in [3.8, 4) is 0 Å². The van der Waals surface area contributed by atoms with Gasteiger partial charge in [0.1, 0.15) is 6.04 Å². The quantitative estimate of drug-likeness (QED) is 0.559. The van der Waals surface area contributed by atoms with Gasteiger partial charge in [-0.05, 0) is 20.8 Å². The predicted molar refractivity (Wildman–Crippen MR) is 74.7 cm³/mol. The van der Waals surface area contributed by atoms with Gasteiger partial charge in [0.25, 0.3) is 0 Å². The minimum Gasteiger partial charge on any atom is -0.480 e. The molecule has 2 atom stereocenters. The van der Waals surface area contributed by atoms with Gasteiger partial charge in [-0.3, -0.25) is 4.79 Å². The van der Waals surface area contributed by atoms with E-state index in [2.05, 4.69) is 10.6 Å². The van der Waals surface area contributed by atoms with Gasteiger partial charge in [-0.15, -0.1) is 0 Å². The molecule has 120 valence electrons. The lowest BCUT2D eigenvalue weighted by Crippen LogP contribution is -2.47. The van der Waals surface area contributed by atoms with E-state index in [4.69, 9.17) is 5.11 Å². The lowest BCUT2D eigenvalue weighted by atomic mass is 10.1. The van der Waals surface area contributed by atoms with Gasteiger partial charge in [0.05, 0.1) is 6.10 Å². The summed E-state index contributed by atoms with van der Waals surface area (Å²) in [6.07, 6.45) is -0.703. The Labute approximate surface area is 123 Å². The number of hydrogen-bond acceptors (Lipinski definition) is 4. The van der Waals surface area contributed by atoms with Crippen molar-refractivity contribution in [1.82, 2.24) is 15.5 Å². The summed E-state index contributed by atoms with van der Waals surface area (Å²) in [5, 5.41) is 23.7. The summed E-state index contributed by atoms with van der Waals surface area (Å²) in [5.41, 5.74) is -0.339. The number of carbonyl (C=O) groups excluding carboxylic acids is 2. The third kappa shape index (κ3) is 5.58. The Kier molecular flexibility index (Phi) is 5.54. The summed E-state index contributed by atoms with van der Waals surface area (Å²) in [6, 6.07) is -1.61. The number of urea groups is 1. The average molecular weight is 301 g/mol. The van der Waals surface area contributed by atoms with E-state index in [9.17, 15) is 19.5 Å². The van der Waals surface area contributed by atoms with Crippen molar-refractivity contribution in [3.63, 3.8) is 0 Å². The maximum atomic E-state index is 11.9. The molecule has 1 fully saturated rings. The summed E-state index contributed by atoms with van der Waals surface area (Å²) >= 11 is 0. The smallest absolute Gasteiger partial charge is 0.326 e. The zero-order valence-corrected chi connectivity index (χ0v) is 12.5. The molecule has 1 aliphatic heterocycles. The molecule has 1 heterocycles. The molecule has 0 bridgehead atoms. The number of nitrogens with one attached hydrogen (secondary N) is 2. The van der Waals surface area contributed by atoms with Gasteiger partial charge in [-0.1, -0.05) is 0 Å². The SMILES string of the molecule is CC(C)(C)NC(=O)CCNC(=O)N1C[C@@H](O)C[C@H]1C(=O)O. The first-order chi connectivity index (χ1) is 9.60. The normalized spacial score (nSPS) is 22.0. The van der Waals surface area contributed by atoms with Crippen LogP contribution in [-0.4, -0.2) is 63.8 Å². The number of amides is 3. The molecular weight excluding hydrogens is 278 g/mol. The van der Waals surface area contributed by atoms with Gasteiger partial charge in [0.2, 0.25) is 5.91 Å². The Balaban J connectivity index is 2.40. The van der Waals surface area contributed by atoms with Crippen LogP contribution in [0.5, 0.6) is 0 Å². The molecule has 1 saturated heterocycles. The highest BCUT2D eigenvalue weighted by atomic mass is 16.4. The highest BCUT2D eigenvalue weighted by molar-refractivity contribution is 5.84. The van der Waals surface area contributed by atoms with Crippen LogP contribution in [0.2, 0.25) is 0 Å². The number of carboxylic acids is 1. The minimum atomic E-state index is -1.15. The summed E-state index contributed by atoms with van der Waals surface area (Å²) in [4.78, 5) is 35.5. The molecule has 1 rings (SSSR count). The minimum absolute atomic E-state index is 0.0169. The molecule has 21 heavy (non-hydrogen) atoms. The average Bonchev–Trinajstić information content (AvgIpc) is 2.69. The standard InChI is InChI=1S/C13H23N3O5/c1-13(2,3)15-10(18)4-5-14-12(21)16-7-8(17)6-9(16)11(19)20/h8-9,17H,4-7H2,1-3H3,(H,14,21)(H,15,18)(H,19,20)/t8-,9-/m0/s1. The number of nitrogens with zero attached hydrogens (tertiary/aromatic N) is 1. The van der Waals surface area contributed by atoms with Crippen molar-refractivity contribution in [2.45, 2.75) is 51.3 Å². The third-order valence-corrected chi connectivity index (χ3v) is 2.97. The van der Waals surface area contributed by atoms with E-state index in [0.29, 0.717) is 0 Å². The molecule has 0 aromatic heterocycles. The fourth-order valence-electron chi connectivity index (χ4n) is 2.14. The summed E-state index contributed by atoms with van der Waals surface area (Å²) in [6.45, 7) is 5.66. The maximum absolute atomic E-state index is 11.9. The number of hydrogen-bond donors (Lipinski definition) is 4. The Morgan fingerprint density at radius 1 is 1.29 bits per heavy atom. The molecule has 3 amide bonds.